The van der Waals surface area contributed by atoms with Gasteiger partial charge in [-0.3, -0.25) is 0 Å². The van der Waals surface area contributed by atoms with Gasteiger partial charge in [0, 0.05) is 18.0 Å². The summed E-state index contributed by atoms with van der Waals surface area (Å²) >= 11 is 0. The smallest absolute Gasteiger partial charge is 0.144 e. The molecule has 3 N–H and O–H groups in total. The molecule has 0 spiro atoms. The van der Waals surface area contributed by atoms with Gasteiger partial charge in [0.15, 0.2) is 0 Å². The molecule has 0 amide bonds. The van der Waals surface area contributed by atoms with Crippen molar-refractivity contribution in [3.8, 4) is 16.9 Å². The lowest BCUT2D eigenvalue weighted by Crippen LogP contribution is -2.09. The zero-order valence-electron chi connectivity index (χ0n) is 8.96. The van der Waals surface area contributed by atoms with Gasteiger partial charge in [-0.15, -0.1) is 0 Å². The standard InChI is InChI=1S/C12H13N3O/c1-8(13)12-14-6-10(7-15-12)9-2-4-11(16)5-3-9/h2-8,16H,13H2,1H3. The monoisotopic (exact) mass is 215 g/mol. The molecule has 0 saturated carbocycles. The van der Waals surface area contributed by atoms with Crippen molar-refractivity contribution in [1.82, 2.24) is 9.97 Å². The summed E-state index contributed by atoms with van der Waals surface area (Å²) in [4.78, 5) is 8.36. The second-order valence-corrected chi connectivity index (χ2v) is 3.67. The van der Waals surface area contributed by atoms with E-state index >= 15 is 0 Å². The number of phenols is 1. The third-order valence-electron chi connectivity index (χ3n) is 2.28. The second-order valence-electron chi connectivity index (χ2n) is 3.67. The average molecular weight is 215 g/mol. The van der Waals surface area contributed by atoms with E-state index in [0.717, 1.165) is 11.1 Å². The van der Waals surface area contributed by atoms with Crippen molar-refractivity contribution in [1.29, 1.82) is 0 Å². The number of aromatic nitrogens is 2. The quantitative estimate of drug-likeness (QED) is 0.802. The maximum absolute atomic E-state index is 9.17. The van der Waals surface area contributed by atoms with E-state index in [1.807, 2.05) is 19.1 Å². The minimum absolute atomic E-state index is 0.158. The van der Waals surface area contributed by atoms with Crippen LogP contribution in [0.4, 0.5) is 0 Å². The molecule has 1 heterocycles. The molecule has 0 radical (unpaired) electrons. The number of rotatable bonds is 2. The third kappa shape index (κ3) is 2.17. The first-order valence-corrected chi connectivity index (χ1v) is 5.04. The van der Waals surface area contributed by atoms with Crippen LogP contribution in [0.5, 0.6) is 5.75 Å². The highest BCUT2D eigenvalue weighted by molar-refractivity contribution is 5.62. The SMILES string of the molecule is CC(N)c1ncc(-c2ccc(O)cc2)cn1. The molecule has 4 heteroatoms. The highest BCUT2D eigenvalue weighted by Crippen LogP contribution is 2.20. The van der Waals surface area contributed by atoms with E-state index in [-0.39, 0.29) is 11.8 Å². The maximum atomic E-state index is 9.17. The molecule has 16 heavy (non-hydrogen) atoms. The summed E-state index contributed by atoms with van der Waals surface area (Å²) in [5, 5.41) is 9.17. The van der Waals surface area contributed by atoms with Crippen LogP contribution in [0.1, 0.15) is 18.8 Å². The van der Waals surface area contributed by atoms with Crippen LogP contribution in [-0.2, 0) is 0 Å². The summed E-state index contributed by atoms with van der Waals surface area (Å²) in [7, 11) is 0. The van der Waals surface area contributed by atoms with Crippen molar-refractivity contribution in [3.63, 3.8) is 0 Å². The Labute approximate surface area is 93.8 Å². The van der Waals surface area contributed by atoms with Gasteiger partial charge in [-0.05, 0) is 24.6 Å². The Kier molecular flexibility index (Phi) is 2.83. The van der Waals surface area contributed by atoms with Gasteiger partial charge in [0.25, 0.3) is 0 Å². The van der Waals surface area contributed by atoms with Crippen LogP contribution in [0.15, 0.2) is 36.7 Å². The van der Waals surface area contributed by atoms with Gasteiger partial charge < -0.3 is 10.8 Å². The number of phenolic OH excluding ortho intramolecular Hbond substituents is 1. The van der Waals surface area contributed by atoms with Gasteiger partial charge in [-0.2, -0.15) is 0 Å². The Morgan fingerprint density at radius 1 is 1.06 bits per heavy atom. The van der Waals surface area contributed by atoms with Gasteiger partial charge in [0.05, 0.1) is 6.04 Å². The van der Waals surface area contributed by atoms with Gasteiger partial charge in [-0.25, -0.2) is 9.97 Å². The van der Waals surface area contributed by atoms with Crippen molar-refractivity contribution in [2.45, 2.75) is 13.0 Å². The first-order chi connectivity index (χ1) is 7.66. The van der Waals surface area contributed by atoms with E-state index in [2.05, 4.69) is 9.97 Å². The lowest BCUT2D eigenvalue weighted by atomic mass is 10.1. The maximum Gasteiger partial charge on any atom is 0.144 e. The van der Waals surface area contributed by atoms with Crippen molar-refractivity contribution in [3.05, 3.63) is 42.5 Å². The molecular weight excluding hydrogens is 202 g/mol. The Morgan fingerprint density at radius 2 is 1.62 bits per heavy atom. The molecule has 0 aliphatic rings. The molecule has 0 fully saturated rings. The number of aromatic hydroxyl groups is 1. The van der Waals surface area contributed by atoms with Crippen LogP contribution in [0.25, 0.3) is 11.1 Å². The normalized spacial score (nSPS) is 12.4. The van der Waals surface area contributed by atoms with Gasteiger partial charge in [0.2, 0.25) is 0 Å². The number of hydrogen-bond acceptors (Lipinski definition) is 4. The molecule has 0 aliphatic carbocycles. The Morgan fingerprint density at radius 3 is 2.12 bits per heavy atom. The second kappa shape index (κ2) is 4.28. The zero-order valence-corrected chi connectivity index (χ0v) is 8.96. The molecule has 2 rings (SSSR count). The molecule has 0 aliphatic heterocycles. The van der Waals surface area contributed by atoms with Gasteiger partial charge in [-0.1, -0.05) is 12.1 Å². The van der Waals surface area contributed by atoms with Crippen LogP contribution >= 0.6 is 0 Å². The highest BCUT2D eigenvalue weighted by atomic mass is 16.3. The van der Waals surface area contributed by atoms with Crippen molar-refractivity contribution < 1.29 is 5.11 Å². The molecule has 0 saturated heterocycles. The summed E-state index contributed by atoms with van der Waals surface area (Å²) in [6.07, 6.45) is 3.47. The van der Waals surface area contributed by atoms with Crippen molar-refractivity contribution in [2.24, 2.45) is 5.73 Å². The zero-order chi connectivity index (χ0) is 11.5. The van der Waals surface area contributed by atoms with Crippen LogP contribution in [-0.4, -0.2) is 15.1 Å². The van der Waals surface area contributed by atoms with Gasteiger partial charge >= 0.3 is 0 Å². The summed E-state index contributed by atoms with van der Waals surface area (Å²) in [6, 6.07) is 6.75. The third-order valence-corrected chi connectivity index (χ3v) is 2.28. The molecule has 4 nitrogen and oxygen atoms in total. The molecular formula is C12H13N3O. The summed E-state index contributed by atoms with van der Waals surface area (Å²) in [5.74, 6) is 0.874. The van der Waals surface area contributed by atoms with E-state index < -0.39 is 0 Å². The topological polar surface area (TPSA) is 72.0 Å². The Hall–Kier alpha value is -1.94. The fourth-order valence-electron chi connectivity index (χ4n) is 1.38. The molecule has 82 valence electrons. The summed E-state index contributed by atoms with van der Waals surface area (Å²) in [6.45, 7) is 1.84. The molecule has 0 bridgehead atoms. The Bertz CT molecular complexity index is 463. The van der Waals surface area contributed by atoms with E-state index in [1.165, 1.54) is 0 Å². The molecule has 1 unspecified atom stereocenters. The molecule has 1 aromatic carbocycles. The van der Waals surface area contributed by atoms with Gasteiger partial charge in [0.1, 0.15) is 11.6 Å². The van der Waals surface area contributed by atoms with Crippen LogP contribution in [0.2, 0.25) is 0 Å². The number of nitrogens with zero attached hydrogens (tertiary/aromatic N) is 2. The van der Waals surface area contributed by atoms with E-state index in [9.17, 15) is 5.11 Å². The average Bonchev–Trinajstić information content (AvgIpc) is 2.30. The highest BCUT2D eigenvalue weighted by Gasteiger charge is 2.03. The van der Waals surface area contributed by atoms with E-state index in [1.54, 1.807) is 24.5 Å². The molecule has 2 aromatic rings. The summed E-state index contributed by atoms with van der Waals surface area (Å²) < 4.78 is 0. The van der Waals surface area contributed by atoms with E-state index in [0.29, 0.717) is 5.82 Å². The molecule has 1 aromatic heterocycles. The fraction of sp³-hybridized carbons (Fsp3) is 0.167. The van der Waals surface area contributed by atoms with Crippen molar-refractivity contribution in [2.75, 3.05) is 0 Å². The van der Waals surface area contributed by atoms with Crippen molar-refractivity contribution >= 4 is 0 Å². The number of benzene rings is 1. The molecule has 1 atom stereocenters. The van der Waals surface area contributed by atoms with Crippen LogP contribution < -0.4 is 5.73 Å². The lowest BCUT2D eigenvalue weighted by molar-refractivity contribution is 0.475. The Balaban J connectivity index is 2.31. The minimum atomic E-state index is -0.158. The fourth-order valence-corrected chi connectivity index (χ4v) is 1.38. The van der Waals surface area contributed by atoms with E-state index in [4.69, 9.17) is 5.73 Å². The van der Waals surface area contributed by atoms with Crippen LogP contribution in [0, 0.1) is 0 Å². The summed E-state index contributed by atoms with van der Waals surface area (Å²) in [5.41, 5.74) is 7.54. The van der Waals surface area contributed by atoms with Crippen LogP contribution in [0.3, 0.4) is 0 Å². The first-order valence-electron chi connectivity index (χ1n) is 5.04. The largest absolute Gasteiger partial charge is 0.508 e. The predicted octanol–water partition coefficient (Wildman–Crippen LogP) is 1.87. The first kappa shape index (κ1) is 10.6. The lowest BCUT2D eigenvalue weighted by Gasteiger charge is -2.05. The number of hydrogen-bond donors (Lipinski definition) is 2. The number of nitrogens with two attached hydrogens (primary N) is 1. The minimum Gasteiger partial charge on any atom is -0.508 e. The predicted molar refractivity (Wildman–Crippen MR) is 61.7 cm³/mol.